The molecule has 4 atom stereocenters. The lowest BCUT2D eigenvalue weighted by molar-refractivity contribution is -0.193. The smallest absolute Gasteiger partial charge is 0.407 e. The number of imidazole rings is 2. The van der Waals surface area contributed by atoms with Crippen LogP contribution in [-0.2, 0) is 28.5 Å². The van der Waals surface area contributed by atoms with Crippen LogP contribution in [0.2, 0.25) is 0 Å². The molecule has 1 aliphatic rings. The molecule has 52 heavy (non-hydrogen) atoms. The molecule has 0 radical (unpaired) electrons. The number of alkyl carbamates (subject to hydrolysis) is 2. The highest BCUT2D eigenvalue weighted by molar-refractivity contribution is 5.86. The van der Waals surface area contributed by atoms with Gasteiger partial charge in [-0.3, -0.25) is 9.59 Å². The standard InChI is InChI=1S/C36H52N8O8/c1-19(2)28(41-35(47)49-9)32(45)43(7)21(5)30-37-15-26(39-30)24-13-11-23(12-14-24)25-17-51-34(52-18-25)27-16-38-31(40-27)22(6)44(8)33(46)29(20(3)4)42-36(48)50-10/h11-16,19-22,25,28-29,34H,17-18H2,1-10H3,(H,37,39)(H,38,40)(H,41,47)(H,42,48)/t21-,22-,25?,28+,29+,34?/m1/s1. The van der Waals surface area contributed by atoms with Crippen LogP contribution < -0.4 is 10.6 Å². The number of nitrogens with one attached hydrogen (secondary N) is 4. The minimum Gasteiger partial charge on any atom is -0.453 e. The minimum atomic E-state index is -0.753. The first-order valence-corrected chi connectivity index (χ1v) is 17.3. The lowest BCUT2D eigenvalue weighted by Gasteiger charge is -2.30. The fraction of sp³-hybridized carbons (Fsp3) is 0.556. The number of hydrogen-bond donors (Lipinski definition) is 4. The van der Waals surface area contributed by atoms with Crippen molar-refractivity contribution in [2.75, 3.05) is 41.5 Å². The molecule has 0 bridgehead atoms. The maximum Gasteiger partial charge on any atom is 0.407 e. The van der Waals surface area contributed by atoms with Gasteiger partial charge in [0.25, 0.3) is 0 Å². The van der Waals surface area contributed by atoms with Gasteiger partial charge in [-0.1, -0.05) is 52.0 Å². The molecule has 16 heteroatoms. The average molecular weight is 725 g/mol. The lowest BCUT2D eigenvalue weighted by Crippen LogP contribution is -2.50. The van der Waals surface area contributed by atoms with Crippen LogP contribution >= 0.6 is 0 Å². The van der Waals surface area contributed by atoms with E-state index in [2.05, 4.69) is 35.3 Å². The van der Waals surface area contributed by atoms with Gasteiger partial charge in [-0.05, 0) is 36.8 Å². The molecule has 1 aliphatic heterocycles. The molecule has 0 spiro atoms. The van der Waals surface area contributed by atoms with Crippen LogP contribution in [0.4, 0.5) is 9.59 Å². The fourth-order valence-corrected chi connectivity index (χ4v) is 5.78. The number of nitrogens with zero attached hydrogens (tertiary/aromatic N) is 4. The minimum absolute atomic E-state index is 0.00941. The number of aromatic amines is 2. The van der Waals surface area contributed by atoms with Gasteiger partial charge < -0.3 is 49.3 Å². The van der Waals surface area contributed by atoms with E-state index >= 15 is 0 Å². The van der Waals surface area contributed by atoms with E-state index < -0.39 is 36.6 Å². The van der Waals surface area contributed by atoms with Crippen molar-refractivity contribution in [3.8, 4) is 11.3 Å². The number of aromatic nitrogens is 4. The first kappa shape index (κ1) is 39.8. The summed E-state index contributed by atoms with van der Waals surface area (Å²) in [5.74, 6) is 0.374. The number of likely N-dealkylation sites (N-methyl/N-ethyl adjacent to an activating group) is 2. The van der Waals surface area contributed by atoms with E-state index in [1.54, 1.807) is 31.4 Å². The SMILES string of the molecule is COC(=O)N[C@H](C(=O)N(C)[C@H](C)c1ncc(-c2ccc(C3COC(c4cnc([C@@H](C)N(C)C(=O)[C@@H](NC(=O)OC)C(C)C)[nH]4)OC3)cc2)[nH]1)C(C)C. The molecule has 1 fully saturated rings. The van der Waals surface area contributed by atoms with Crippen molar-refractivity contribution in [1.82, 2.24) is 40.4 Å². The highest BCUT2D eigenvalue weighted by atomic mass is 16.7. The molecule has 284 valence electrons. The van der Waals surface area contributed by atoms with E-state index in [-0.39, 0.29) is 35.6 Å². The van der Waals surface area contributed by atoms with Gasteiger partial charge in [-0.15, -0.1) is 0 Å². The number of H-pyrrole nitrogens is 2. The molecule has 3 aromatic rings. The number of rotatable bonds is 13. The van der Waals surface area contributed by atoms with Crippen molar-refractivity contribution in [1.29, 1.82) is 0 Å². The van der Waals surface area contributed by atoms with E-state index in [0.717, 1.165) is 16.8 Å². The third-order valence-electron chi connectivity index (χ3n) is 9.49. The van der Waals surface area contributed by atoms with Gasteiger partial charge >= 0.3 is 12.2 Å². The topological polar surface area (TPSA) is 193 Å². The average Bonchev–Trinajstić information content (AvgIpc) is 3.85. The van der Waals surface area contributed by atoms with Crippen LogP contribution in [0.1, 0.15) is 88.7 Å². The zero-order valence-electron chi connectivity index (χ0n) is 31.6. The predicted molar refractivity (Wildman–Crippen MR) is 191 cm³/mol. The molecule has 16 nitrogen and oxygen atoms in total. The second-order valence-electron chi connectivity index (χ2n) is 13.7. The van der Waals surface area contributed by atoms with Crippen LogP contribution in [0.5, 0.6) is 0 Å². The van der Waals surface area contributed by atoms with Crippen molar-refractivity contribution < 1.29 is 38.1 Å². The van der Waals surface area contributed by atoms with Gasteiger partial charge in [0.1, 0.15) is 23.7 Å². The van der Waals surface area contributed by atoms with E-state index in [4.69, 9.17) is 14.2 Å². The largest absolute Gasteiger partial charge is 0.453 e. The Morgan fingerprint density at radius 1 is 0.750 bits per heavy atom. The summed E-state index contributed by atoms with van der Waals surface area (Å²) >= 11 is 0. The molecule has 1 aromatic carbocycles. The van der Waals surface area contributed by atoms with Crippen LogP contribution in [0.3, 0.4) is 0 Å². The second-order valence-corrected chi connectivity index (χ2v) is 13.7. The Balaban J connectivity index is 1.33. The van der Waals surface area contributed by atoms with Crippen molar-refractivity contribution in [2.24, 2.45) is 11.8 Å². The summed E-state index contributed by atoms with van der Waals surface area (Å²) in [6, 6.07) is 5.77. The Kier molecular flexibility index (Phi) is 13.4. The molecule has 4 N–H and O–H groups in total. The molecule has 4 amide bonds. The number of ether oxygens (including phenoxy) is 4. The summed E-state index contributed by atoms with van der Waals surface area (Å²) in [5.41, 5.74) is 3.42. The molecule has 0 aliphatic carbocycles. The third kappa shape index (κ3) is 9.28. The van der Waals surface area contributed by atoms with Gasteiger partial charge in [-0.2, -0.15) is 0 Å². The number of hydrogen-bond acceptors (Lipinski definition) is 10. The van der Waals surface area contributed by atoms with Crippen LogP contribution in [0.25, 0.3) is 11.3 Å². The van der Waals surface area contributed by atoms with Gasteiger partial charge in [0, 0.05) is 20.0 Å². The molecule has 2 aromatic heterocycles. The zero-order chi connectivity index (χ0) is 38.3. The molecule has 0 saturated carbocycles. The number of amides is 4. The Hall–Kier alpha value is -4.96. The summed E-state index contributed by atoms with van der Waals surface area (Å²) in [4.78, 5) is 68.7. The molecular weight excluding hydrogens is 672 g/mol. The van der Waals surface area contributed by atoms with Gasteiger partial charge in [0.15, 0.2) is 0 Å². The van der Waals surface area contributed by atoms with Crippen molar-refractivity contribution in [3.63, 3.8) is 0 Å². The highest BCUT2D eigenvalue weighted by Crippen LogP contribution is 2.31. The molecular formula is C36H52N8O8. The maximum atomic E-state index is 13.2. The predicted octanol–water partition coefficient (Wildman–Crippen LogP) is 4.43. The summed E-state index contributed by atoms with van der Waals surface area (Å²) in [6.07, 6.45) is 1.41. The summed E-state index contributed by atoms with van der Waals surface area (Å²) in [6.45, 7) is 12.0. The number of carbonyl (C=O) groups excluding carboxylic acids is 4. The Bertz CT molecular complexity index is 1660. The lowest BCUT2D eigenvalue weighted by atomic mass is 9.98. The van der Waals surface area contributed by atoms with E-state index in [1.165, 1.54) is 19.1 Å². The number of methoxy groups -OCH3 is 2. The Morgan fingerprint density at radius 2 is 1.21 bits per heavy atom. The summed E-state index contributed by atoms with van der Waals surface area (Å²) in [5, 5.41) is 5.23. The highest BCUT2D eigenvalue weighted by Gasteiger charge is 2.33. The Labute approximate surface area is 304 Å². The van der Waals surface area contributed by atoms with E-state index in [9.17, 15) is 19.2 Å². The van der Waals surface area contributed by atoms with Gasteiger partial charge in [-0.25, -0.2) is 19.6 Å². The molecule has 1 saturated heterocycles. The first-order chi connectivity index (χ1) is 24.7. The second kappa shape index (κ2) is 17.5. The molecule has 4 rings (SSSR count). The first-order valence-electron chi connectivity index (χ1n) is 17.3. The fourth-order valence-electron chi connectivity index (χ4n) is 5.78. The normalized spacial score (nSPS) is 18.2. The van der Waals surface area contributed by atoms with E-state index in [0.29, 0.717) is 30.6 Å². The van der Waals surface area contributed by atoms with Crippen molar-refractivity contribution in [3.05, 3.63) is 59.6 Å². The van der Waals surface area contributed by atoms with Gasteiger partial charge in [0.05, 0.1) is 63.3 Å². The zero-order valence-corrected chi connectivity index (χ0v) is 31.6. The monoisotopic (exact) mass is 724 g/mol. The van der Waals surface area contributed by atoms with Crippen LogP contribution in [0, 0.1) is 11.8 Å². The quantitative estimate of drug-likeness (QED) is 0.196. The van der Waals surface area contributed by atoms with E-state index in [1.807, 2.05) is 65.8 Å². The summed E-state index contributed by atoms with van der Waals surface area (Å²) in [7, 11) is 5.86. The van der Waals surface area contributed by atoms with Crippen molar-refractivity contribution >= 4 is 24.0 Å². The van der Waals surface area contributed by atoms with Crippen molar-refractivity contribution in [2.45, 2.75) is 77.9 Å². The summed E-state index contributed by atoms with van der Waals surface area (Å²) < 4.78 is 21.6. The van der Waals surface area contributed by atoms with Crippen LogP contribution in [0.15, 0.2) is 36.7 Å². The number of benzene rings is 1. The maximum absolute atomic E-state index is 13.2. The number of carbonyl (C=O) groups is 4. The Morgan fingerprint density at radius 3 is 1.67 bits per heavy atom. The third-order valence-corrected chi connectivity index (χ3v) is 9.49. The molecule has 0 unspecified atom stereocenters. The van der Waals surface area contributed by atoms with Crippen LogP contribution in [-0.4, -0.2) is 107 Å². The molecule has 3 heterocycles. The van der Waals surface area contributed by atoms with Gasteiger partial charge in [0.2, 0.25) is 18.1 Å².